The SMILES string of the molecule is CCN(CC)CCN1C(=O)C(=O)/C(=C(/O)c2ccc([N+](=O)[O-])cc2)[C@H]1c1ccc(OC)cc1. The number of non-ortho nitro benzene ring substituents is 1. The molecule has 2 aromatic carbocycles. The van der Waals surface area contributed by atoms with Crippen LogP contribution in [0.2, 0.25) is 0 Å². The second-order valence-electron chi connectivity index (χ2n) is 7.60. The first kappa shape index (κ1) is 23.9. The third-order valence-electron chi connectivity index (χ3n) is 5.87. The summed E-state index contributed by atoms with van der Waals surface area (Å²) < 4.78 is 5.21. The van der Waals surface area contributed by atoms with E-state index in [9.17, 15) is 24.8 Å². The topological polar surface area (TPSA) is 113 Å². The summed E-state index contributed by atoms with van der Waals surface area (Å²) in [5.74, 6) is -1.22. The predicted octanol–water partition coefficient (Wildman–Crippen LogP) is 3.37. The van der Waals surface area contributed by atoms with E-state index in [-0.39, 0.29) is 22.6 Å². The number of nitro benzene ring substituents is 1. The molecule has 0 spiro atoms. The van der Waals surface area contributed by atoms with Crippen LogP contribution in [-0.2, 0) is 9.59 Å². The van der Waals surface area contributed by atoms with Crippen molar-refractivity contribution >= 4 is 23.1 Å². The Morgan fingerprint density at radius 1 is 1.09 bits per heavy atom. The van der Waals surface area contributed by atoms with E-state index in [4.69, 9.17) is 4.74 Å². The van der Waals surface area contributed by atoms with Crippen LogP contribution in [0.15, 0.2) is 54.1 Å². The number of carbonyl (C=O) groups is 2. The number of rotatable bonds is 9. The van der Waals surface area contributed by atoms with Gasteiger partial charge in [0.1, 0.15) is 11.5 Å². The number of nitrogens with zero attached hydrogens (tertiary/aromatic N) is 3. The average molecular weight is 453 g/mol. The van der Waals surface area contributed by atoms with E-state index in [1.165, 1.54) is 29.2 Å². The fraction of sp³-hybridized carbons (Fsp3) is 0.333. The number of Topliss-reactive ketones (excluding diaryl/α,β-unsaturated/α-hetero) is 1. The average Bonchev–Trinajstić information content (AvgIpc) is 3.09. The van der Waals surface area contributed by atoms with Crippen molar-refractivity contribution in [2.45, 2.75) is 19.9 Å². The zero-order valence-corrected chi connectivity index (χ0v) is 18.9. The molecule has 0 bridgehead atoms. The van der Waals surface area contributed by atoms with Crippen LogP contribution in [0.1, 0.15) is 31.0 Å². The number of hydrogen-bond donors (Lipinski definition) is 1. The number of aliphatic hydroxyl groups is 1. The largest absolute Gasteiger partial charge is 0.507 e. The Morgan fingerprint density at radius 2 is 1.70 bits per heavy atom. The Bertz CT molecular complexity index is 1060. The second kappa shape index (κ2) is 10.3. The van der Waals surface area contributed by atoms with Crippen molar-refractivity contribution < 1.29 is 24.4 Å². The standard InChI is InChI=1S/C24H27N3O6/c1-4-25(5-2)14-15-26-21(16-8-12-19(33-3)13-9-16)20(23(29)24(26)30)22(28)17-6-10-18(11-7-17)27(31)32/h6-13,21,28H,4-5,14-15H2,1-3H3/b22-20+/t21-/m1/s1. The van der Waals surface area contributed by atoms with Gasteiger partial charge in [0.25, 0.3) is 17.4 Å². The lowest BCUT2D eigenvalue weighted by atomic mass is 9.95. The Kier molecular flexibility index (Phi) is 7.44. The van der Waals surface area contributed by atoms with Gasteiger partial charge in [-0.2, -0.15) is 0 Å². The van der Waals surface area contributed by atoms with Crippen molar-refractivity contribution in [3.8, 4) is 5.75 Å². The number of carbonyl (C=O) groups excluding carboxylic acids is 2. The van der Waals surface area contributed by atoms with Crippen molar-refractivity contribution in [3.05, 3.63) is 75.3 Å². The van der Waals surface area contributed by atoms with E-state index >= 15 is 0 Å². The monoisotopic (exact) mass is 453 g/mol. The molecule has 0 aliphatic carbocycles. The molecule has 1 N–H and O–H groups in total. The van der Waals surface area contributed by atoms with Gasteiger partial charge in [0, 0.05) is 30.8 Å². The summed E-state index contributed by atoms with van der Waals surface area (Å²) in [5.41, 5.74) is 0.690. The lowest BCUT2D eigenvalue weighted by Gasteiger charge is -2.28. The first-order valence-electron chi connectivity index (χ1n) is 10.7. The molecule has 0 saturated carbocycles. The first-order valence-corrected chi connectivity index (χ1v) is 10.7. The molecule has 1 fully saturated rings. The normalized spacial score (nSPS) is 17.6. The van der Waals surface area contributed by atoms with Crippen LogP contribution >= 0.6 is 0 Å². The Labute approximate surface area is 192 Å². The summed E-state index contributed by atoms with van der Waals surface area (Å²) in [4.78, 5) is 40.0. The molecule has 1 amide bonds. The number of ketones is 1. The molecule has 174 valence electrons. The van der Waals surface area contributed by atoms with E-state index < -0.39 is 22.7 Å². The number of methoxy groups -OCH3 is 1. The van der Waals surface area contributed by atoms with Gasteiger partial charge < -0.3 is 19.6 Å². The van der Waals surface area contributed by atoms with Gasteiger partial charge in [-0.25, -0.2) is 0 Å². The lowest BCUT2D eigenvalue weighted by Crippen LogP contribution is -2.38. The van der Waals surface area contributed by atoms with E-state index in [1.54, 1.807) is 31.4 Å². The Morgan fingerprint density at radius 3 is 2.21 bits per heavy atom. The van der Waals surface area contributed by atoms with Crippen LogP contribution in [-0.4, -0.2) is 64.8 Å². The van der Waals surface area contributed by atoms with Crippen LogP contribution in [0.25, 0.3) is 5.76 Å². The van der Waals surface area contributed by atoms with Crippen molar-refractivity contribution in [3.63, 3.8) is 0 Å². The highest BCUT2D eigenvalue weighted by Gasteiger charge is 2.46. The lowest BCUT2D eigenvalue weighted by molar-refractivity contribution is -0.384. The molecule has 9 heteroatoms. The molecule has 0 aromatic heterocycles. The van der Waals surface area contributed by atoms with Gasteiger partial charge in [-0.05, 0) is 42.9 Å². The summed E-state index contributed by atoms with van der Waals surface area (Å²) in [5, 5.41) is 22.0. The van der Waals surface area contributed by atoms with Crippen molar-refractivity contribution in [1.29, 1.82) is 0 Å². The van der Waals surface area contributed by atoms with Crippen LogP contribution < -0.4 is 4.74 Å². The van der Waals surface area contributed by atoms with Crippen LogP contribution in [0, 0.1) is 10.1 Å². The Balaban J connectivity index is 2.08. The number of hydrogen-bond acceptors (Lipinski definition) is 7. The van der Waals surface area contributed by atoms with Crippen molar-refractivity contribution in [2.75, 3.05) is 33.3 Å². The van der Waals surface area contributed by atoms with E-state index in [0.29, 0.717) is 24.4 Å². The van der Waals surface area contributed by atoms with Gasteiger partial charge in [0.2, 0.25) is 0 Å². The minimum absolute atomic E-state index is 0.0430. The number of nitro groups is 1. The molecular weight excluding hydrogens is 426 g/mol. The number of benzene rings is 2. The van der Waals surface area contributed by atoms with Crippen LogP contribution in [0.5, 0.6) is 5.75 Å². The summed E-state index contributed by atoms with van der Waals surface area (Å²) in [6.07, 6.45) is 0. The van der Waals surface area contributed by atoms with Crippen LogP contribution in [0.4, 0.5) is 5.69 Å². The summed E-state index contributed by atoms with van der Waals surface area (Å²) in [6, 6.07) is 11.4. The van der Waals surface area contributed by atoms with Gasteiger partial charge in [-0.1, -0.05) is 26.0 Å². The second-order valence-corrected chi connectivity index (χ2v) is 7.60. The number of likely N-dealkylation sites (N-methyl/N-ethyl adjacent to an activating group) is 1. The van der Waals surface area contributed by atoms with Crippen molar-refractivity contribution in [2.24, 2.45) is 0 Å². The fourth-order valence-corrected chi connectivity index (χ4v) is 3.93. The molecule has 33 heavy (non-hydrogen) atoms. The molecule has 0 radical (unpaired) electrons. The van der Waals surface area contributed by atoms with Gasteiger partial charge in [0.15, 0.2) is 0 Å². The number of amides is 1. The third-order valence-corrected chi connectivity index (χ3v) is 5.87. The van der Waals surface area contributed by atoms with Gasteiger partial charge in [-0.15, -0.1) is 0 Å². The molecule has 1 heterocycles. The van der Waals surface area contributed by atoms with E-state index in [1.807, 2.05) is 13.8 Å². The van der Waals surface area contributed by atoms with Gasteiger partial charge in [-0.3, -0.25) is 19.7 Å². The molecular formula is C24H27N3O6. The Hall–Kier alpha value is -3.72. The highest BCUT2D eigenvalue weighted by molar-refractivity contribution is 6.46. The molecule has 1 aliphatic rings. The molecule has 1 saturated heterocycles. The fourth-order valence-electron chi connectivity index (χ4n) is 3.93. The molecule has 9 nitrogen and oxygen atoms in total. The van der Waals surface area contributed by atoms with E-state index in [2.05, 4.69) is 4.90 Å². The minimum atomic E-state index is -0.790. The third kappa shape index (κ3) is 4.88. The molecule has 1 atom stereocenters. The molecule has 3 rings (SSSR count). The highest BCUT2D eigenvalue weighted by Crippen LogP contribution is 2.39. The van der Waals surface area contributed by atoms with E-state index in [0.717, 1.165) is 13.1 Å². The van der Waals surface area contributed by atoms with Gasteiger partial charge >= 0.3 is 0 Å². The maximum Gasteiger partial charge on any atom is 0.295 e. The number of aliphatic hydroxyl groups excluding tert-OH is 1. The molecule has 1 aliphatic heterocycles. The molecule has 2 aromatic rings. The van der Waals surface area contributed by atoms with Crippen LogP contribution in [0.3, 0.4) is 0 Å². The maximum atomic E-state index is 13.0. The minimum Gasteiger partial charge on any atom is -0.507 e. The van der Waals surface area contributed by atoms with Gasteiger partial charge in [0.05, 0.1) is 23.6 Å². The summed E-state index contributed by atoms with van der Waals surface area (Å²) in [7, 11) is 1.54. The first-order chi connectivity index (χ1) is 15.8. The zero-order chi connectivity index (χ0) is 24.1. The zero-order valence-electron chi connectivity index (χ0n) is 18.9. The number of likely N-dealkylation sites (tertiary alicyclic amines) is 1. The smallest absolute Gasteiger partial charge is 0.295 e. The maximum absolute atomic E-state index is 13.0. The summed E-state index contributed by atoms with van der Waals surface area (Å²) in [6.45, 7) is 6.53. The predicted molar refractivity (Wildman–Crippen MR) is 123 cm³/mol. The van der Waals surface area contributed by atoms with Crippen molar-refractivity contribution in [1.82, 2.24) is 9.80 Å². The highest BCUT2D eigenvalue weighted by atomic mass is 16.6. The quantitative estimate of drug-likeness (QED) is 0.204. The molecule has 0 unspecified atom stereocenters. The number of ether oxygens (including phenoxy) is 1. The summed E-state index contributed by atoms with van der Waals surface area (Å²) >= 11 is 0.